The molecule has 1 rings (SSSR count). The molecule has 0 unspecified atom stereocenters. The van der Waals surface area contributed by atoms with E-state index in [0.717, 1.165) is 5.69 Å². The summed E-state index contributed by atoms with van der Waals surface area (Å²) < 4.78 is 1.82. The number of aromatic carboxylic acids is 1. The number of nitrogens with zero attached hydrogens (tertiary/aromatic N) is 2. The number of likely N-dealkylation sites (N-methyl/N-ethyl adjacent to an activating group) is 1. The lowest BCUT2D eigenvalue weighted by atomic mass is 10.2. The van der Waals surface area contributed by atoms with Gasteiger partial charge in [0.25, 0.3) is 0 Å². The molecule has 2 N–H and O–H groups in total. The Morgan fingerprint density at radius 3 is 2.50 bits per heavy atom. The summed E-state index contributed by atoms with van der Waals surface area (Å²) in [5.74, 6) is -0.946. The number of carbonyl (C=O) groups is 2. The number of nitrogens with one attached hydrogen (secondary N) is 1. The van der Waals surface area contributed by atoms with Crippen molar-refractivity contribution in [1.82, 2.24) is 14.8 Å². The van der Waals surface area contributed by atoms with Crippen LogP contribution in [0.3, 0.4) is 0 Å². The van der Waals surface area contributed by atoms with Gasteiger partial charge in [-0.15, -0.1) is 0 Å². The molecule has 0 aliphatic rings. The first-order chi connectivity index (χ1) is 8.34. The van der Waals surface area contributed by atoms with Gasteiger partial charge < -0.3 is 19.9 Å². The molecule has 1 aromatic heterocycles. The zero-order chi connectivity index (χ0) is 13.9. The maximum absolute atomic E-state index is 11.4. The van der Waals surface area contributed by atoms with Crippen LogP contribution in [0, 0.1) is 6.92 Å². The van der Waals surface area contributed by atoms with E-state index in [-0.39, 0.29) is 12.5 Å². The topological polar surface area (TPSA) is 74.6 Å². The number of rotatable bonds is 5. The normalized spacial score (nSPS) is 10.4. The van der Waals surface area contributed by atoms with E-state index in [1.165, 1.54) is 4.90 Å². The number of hydrogen-bond acceptors (Lipinski definition) is 3. The molecule has 0 saturated carbocycles. The van der Waals surface area contributed by atoms with Crippen molar-refractivity contribution >= 4 is 11.9 Å². The molecule has 0 fully saturated rings. The third kappa shape index (κ3) is 3.10. The highest BCUT2D eigenvalue weighted by molar-refractivity contribution is 5.89. The lowest BCUT2D eigenvalue weighted by Gasteiger charge is -2.11. The summed E-state index contributed by atoms with van der Waals surface area (Å²) >= 11 is 0. The minimum Gasteiger partial charge on any atom is -0.478 e. The van der Waals surface area contributed by atoms with E-state index in [1.54, 1.807) is 27.1 Å². The molecular weight excluding hydrogens is 234 g/mol. The predicted molar refractivity (Wildman–Crippen MR) is 67.5 cm³/mol. The van der Waals surface area contributed by atoms with Gasteiger partial charge in [-0.05, 0) is 13.0 Å². The molecule has 18 heavy (non-hydrogen) atoms. The monoisotopic (exact) mass is 253 g/mol. The molecule has 0 bridgehead atoms. The lowest BCUT2D eigenvalue weighted by Crippen LogP contribution is -2.32. The van der Waals surface area contributed by atoms with Crippen molar-refractivity contribution in [1.29, 1.82) is 0 Å². The summed E-state index contributed by atoms with van der Waals surface area (Å²) in [5, 5.41) is 12.0. The van der Waals surface area contributed by atoms with Gasteiger partial charge in [-0.25, -0.2) is 4.79 Å². The molecule has 0 aliphatic carbocycles. The van der Waals surface area contributed by atoms with Gasteiger partial charge in [0.2, 0.25) is 5.91 Å². The molecule has 1 heterocycles. The average molecular weight is 253 g/mol. The van der Waals surface area contributed by atoms with Crippen LogP contribution in [0.15, 0.2) is 6.07 Å². The Labute approximate surface area is 106 Å². The van der Waals surface area contributed by atoms with Gasteiger partial charge in [-0.1, -0.05) is 0 Å². The lowest BCUT2D eigenvalue weighted by molar-refractivity contribution is -0.127. The summed E-state index contributed by atoms with van der Waals surface area (Å²) in [4.78, 5) is 23.8. The summed E-state index contributed by atoms with van der Waals surface area (Å²) in [5.41, 5.74) is 1.85. The van der Waals surface area contributed by atoms with Crippen LogP contribution < -0.4 is 5.32 Å². The molecule has 0 spiro atoms. The van der Waals surface area contributed by atoms with E-state index < -0.39 is 5.97 Å². The molecule has 0 atom stereocenters. The van der Waals surface area contributed by atoms with Crippen LogP contribution in [-0.4, -0.2) is 47.1 Å². The molecule has 6 heteroatoms. The summed E-state index contributed by atoms with van der Waals surface area (Å²) in [7, 11) is 5.20. The van der Waals surface area contributed by atoms with Gasteiger partial charge in [-0.3, -0.25) is 4.79 Å². The fraction of sp³-hybridized carbons (Fsp3) is 0.500. The van der Waals surface area contributed by atoms with Crippen molar-refractivity contribution in [2.45, 2.75) is 13.5 Å². The van der Waals surface area contributed by atoms with Crippen LogP contribution in [0.4, 0.5) is 0 Å². The van der Waals surface area contributed by atoms with Crippen molar-refractivity contribution in [3.05, 3.63) is 23.0 Å². The Hall–Kier alpha value is -1.82. The van der Waals surface area contributed by atoms with E-state index in [1.807, 2.05) is 11.6 Å². The molecule has 0 radical (unpaired) electrons. The van der Waals surface area contributed by atoms with Gasteiger partial charge >= 0.3 is 5.97 Å². The van der Waals surface area contributed by atoms with E-state index in [2.05, 4.69) is 5.32 Å². The Morgan fingerprint density at radius 2 is 2.06 bits per heavy atom. The quantitative estimate of drug-likeness (QED) is 0.786. The Bertz CT molecular complexity index is 463. The van der Waals surface area contributed by atoms with E-state index in [9.17, 15) is 9.59 Å². The standard InChI is InChI=1S/C12H19N3O3/c1-8-10(12(17)18)5-9(15(8)4)6-13-7-11(16)14(2)3/h5,13H,6-7H2,1-4H3,(H,17,18). The number of amides is 1. The molecule has 1 aromatic rings. The van der Waals surface area contributed by atoms with Crippen LogP contribution in [0.5, 0.6) is 0 Å². The fourth-order valence-corrected chi connectivity index (χ4v) is 1.61. The van der Waals surface area contributed by atoms with Crippen molar-refractivity contribution < 1.29 is 14.7 Å². The van der Waals surface area contributed by atoms with Gasteiger partial charge in [0.05, 0.1) is 12.1 Å². The minimum atomic E-state index is -0.932. The highest BCUT2D eigenvalue weighted by atomic mass is 16.4. The van der Waals surface area contributed by atoms with E-state index in [4.69, 9.17) is 5.11 Å². The number of carboxylic acids is 1. The fourth-order valence-electron chi connectivity index (χ4n) is 1.61. The Morgan fingerprint density at radius 1 is 1.44 bits per heavy atom. The Kier molecular flexibility index (Phi) is 4.49. The molecule has 0 aliphatic heterocycles. The number of carboxylic acid groups (broad SMARTS) is 1. The molecule has 0 saturated heterocycles. The van der Waals surface area contributed by atoms with Gasteiger partial charge in [-0.2, -0.15) is 0 Å². The van der Waals surface area contributed by atoms with E-state index >= 15 is 0 Å². The largest absolute Gasteiger partial charge is 0.478 e. The third-order valence-electron chi connectivity index (χ3n) is 2.95. The second-order valence-electron chi connectivity index (χ2n) is 4.39. The van der Waals surface area contributed by atoms with Crippen LogP contribution in [-0.2, 0) is 18.4 Å². The Balaban J connectivity index is 2.66. The second kappa shape index (κ2) is 5.68. The second-order valence-corrected chi connectivity index (χ2v) is 4.39. The number of hydrogen-bond donors (Lipinski definition) is 2. The van der Waals surface area contributed by atoms with Crippen molar-refractivity contribution in [3.8, 4) is 0 Å². The van der Waals surface area contributed by atoms with Crippen LogP contribution >= 0.6 is 0 Å². The molecule has 0 aromatic carbocycles. The van der Waals surface area contributed by atoms with E-state index in [0.29, 0.717) is 17.8 Å². The molecule has 1 amide bonds. The molecular formula is C12H19N3O3. The van der Waals surface area contributed by atoms with Gasteiger partial charge in [0, 0.05) is 39.1 Å². The SMILES string of the molecule is Cc1c(C(=O)O)cc(CNCC(=O)N(C)C)n1C. The van der Waals surface area contributed by atoms with Crippen LogP contribution in [0.25, 0.3) is 0 Å². The minimum absolute atomic E-state index is 0.0145. The van der Waals surface area contributed by atoms with Gasteiger partial charge in [0.1, 0.15) is 0 Å². The number of aromatic nitrogens is 1. The first kappa shape index (κ1) is 14.2. The number of carbonyl (C=O) groups excluding carboxylic acids is 1. The van der Waals surface area contributed by atoms with Crippen molar-refractivity contribution in [2.24, 2.45) is 7.05 Å². The van der Waals surface area contributed by atoms with Gasteiger partial charge in [0.15, 0.2) is 0 Å². The molecule has 100 valence electrons. The average Bonchev–Trinajstić information content (AvgIpc) is 2.57. The third-order valence-corrected chi connectivity index (χ3v) is 2.95. The first-order valence-electron chi connectivity index (χ1n) is 5.64. The van der Waals surface area contributed by atoms with Crippen molar-refractivity contribution in [3.63, 3.8) is 0 Å². The summed E-state index contributed by atoms with van der Waals surface area (Å²) in [6.07, 6.45) is 0. The zero-order valence-electron chi connectivity index (χ0n) is 11.1. The summed E-state index contributed by atoms with van der Waals surface area (Å²) in [6, 6.07) is 1.63. The smallest absolute Gasteiger partial charge is 0.337 e. The highest BCUT2D eigenvalue weighted by Gasteiger charge is 2.14. The van der Waals surface area contributed by atoms with Crippen LogP contribution in [0.1, 0.15) is 21.7 Å². The zero-order valence-corrected chi connectivity index (χ0v) is 11.1. The maximum Gasteiger partial charge on any atom is 0.337 e. The predicted octanol–water partition coefficient (Wildman–Crippen LogP) is 0.210. The maximum atomic E-state index is 11.4. The van der Waals surface area contributed by atoms with Crippen LogP contribution in [0.2, 0.25) is 0 Å². The first-order valence-corrected chi connectivity index (χ1v) is 5.64. The summed E-state index contributed by atoms with van der Waals surface area (Å²) in [6.45, 7) is 2.46. The highest BCUT2D eigenvalue weighted by Crippen LogP contribution is 2.13. The van der Waals surface area contributed by atoms with Crippen molar-refractivity contribution in [2.75, 3.05) is 20.6 Å². The molecule has 6 nitrogen and oxygen atoms in total.